The molecule has 0 atom stereocenters. The summed E-state index contributed by atoms with van der Waals surface area (Å²) in [5, 5.41) is 2.39. The number of hydrogen-bond acceptors (Lipinski definition) is 4. The van der Waals surface area contributed by atoms with E-state index in [1.807, 2.05) is 12.1 Å². The third-order valence-electron chi connectivity index (χ3n) is 5.45. The second-order valence-electron chi connectivity index (χ2n) is 7.50. The molecule has 1 aliphatic carbocycles. The summed E-state index contributed by atoms with van der Waals surface area (Å²) in [6.07, 6.45) is 4.34. The zero-order valence-electron chi connectivity index (χ0n) is 16.7. The predicted molar refractivity (Wildman–Crippen MR) is 114 cm³/mol. The Morgan fingerprint density at radius 2 is 1.69 bits per heavy atom. The Morgan fingerprint density at radius 1 is 1.00 bits per heavy atom. The predicted octanol–water partition coefficient (Wildman–Crippen LogP) is 4.57. The first-order valence-electron chi connectivity index (χ1n) is 10.2. The lowest BCUT2D eigenvalue weighted by Gasteiger charge is -2.12. The van der Waals surface area contributed by atoms with Gasteiger partial charge in [0.15, 0.2) is 15.6 Å². The molecule has 1 aliphatic rings. The number of rotatable bonds is 8. The zero-order chi connectivity index (χ0) is 20.9. The fourth-order valence-electron chi connectivity index (χ4n) is 3.66. The highest BCUT2D eigenvalue weighted by molar-refractivity contribution is 7.92. The van der Waals surface area contributed by atoms with Crippen LogP contribution in [0.2, 0.25) is 0 Å². The molecule has 1 amide bonds. The number of ketones is 1. The first kappa shape index (κ1) is 21.2. The Morgan fingerprint density at radius 3 is 2.34 bits per heavy atom. The Bertz CT molecular complexity index is 974. The molecule has 0 bridgehead atoms. The summed E-state index contributed by atoms with van der Waals surface area (Å²) >= 11 is 0. The highest BCUT2D eigenvalue weighted by atomic mass is 32.2. The van der Waals surface area contributed by atoms with Gasteiger partial charge < -0.3 is 5.32 Å². The number of sulfone groups is 1. The summed E-state index contributed by atoms with van der Waals surface area (Å²) < 4.78 is 25.5. The minimum atomic E-state index is -3.37. The number of carbonyl (C=O) groups is 2. The third-order valence-corrected chi connectivity index (χ3v) is 7.71. The monoisotopic (exact) mass is 413 g/mol. The van der Waals surface area contributed by atoms with Crippen LogP contribution in [-0.4, -0.2) is 25.4 Å². The maximum Gasteiger partial charge on any atom is 0.224 e. The number of carbonyl (C=O) groups excluding carboxylic acids is 2. The number of nitrogens with one attached hydrogen (secondary N) is 1. The number of anilines is 1. The van der Waals surface area contributed by atoms with E-state index in [0.717, 1.165) is 24.8 Å². The highest BCUT2D eigenvalue weighted by Crippen LogP contribution is 2.30. The zero-order valence-corrected chi connectivity index (χ0v) is 17.5. The lowest BCUT2D eigenvalue weighted by atomic mass is 10.0. The van der Waals surface area contributed by atoms with Crippen LogP contribution in [0.15, 0.2) is 53.4 Å². The van der Waals surface area contributed by atoms with Crippen molar-refractivity contribution < 1.29 is 18.0 Å². The molecule has 2 aromatic rings. The number of benzene rings is 2. The van der Waals surface area contributed by atoms with Crippen LogP contribution in [0.25, 0.3) is 0 Å². The first-order chi connectivity index (χ1) is 13.9. The van der Waals surface area contributed by atoms with Crippen LogP contribution >= 0.6 is 0 Å². The van der Waals surface area contributed by atoms with E-state index >= 15 is 0 Å². The van der Waals surface area contributed by atoms with Gasteiger partial charge in [0.05, 0.1) is 10.1 Å². The van der Waals surface area contributed by atoms with Gasteiger partial charge in [0.1, 0.15) is 0 Å². The van der Waals surface area contributed by atoms with E-state index in [4.69, 9.17) is 0 Å². The normalized spacial score (nSPS) is 14.7. The van der Waals surface area contributed by atoms with Crippen LogP contribution in [0.4, 0.5) is 5.69 Å². The minimum absolute atomic E-state index is 0.0496. The van der Waals surface area contributed by atoms with Crippen molar-refractivity contribution in [3.8, 4) is 0 Å². The van der Waals surface area contributed by atoms with Crippen LogP contribution < -0.4 is 5.32 Å². The quantitative estimate of drug-likeness (QED) is 0.643. The number of aryl methyl sites for hydroxylation is 1. The van der Waals surface area contributed by atoms with Crippen molar-refractivity contribution in [2.24, 2.45) is 0 Å². The molecule has 0 aliphatic heterocycles. The average molecular weight is 414 g/mol. The summed E-state index contributed by atoms with van der Waals surface area (Å²) in [4.78, 5) is 24.8. The van der Waals surface area contributed by atoms with Gasteiger partial charge >= 0.3 is 0 Å². The van der Waals surface area contributed by atoms with Gasteiger partial charge in [0, 0.05) is 24.1 Å². The maximum absolute atomic E-state index is 12.7. The molecule has 0 unspecified atom stereocenters. The van der Waals surface area contributed by atoms with Gasteiger partial charge in [-0.2, -0.15) is 0 Å². The summed E-state index contributed by atoms with van der Waals surface area (Å²) in [6, 6.07) is 13.8. The average Bonchev–Trinajstić information content (AvgIpc) is 3.28. The second-order valence-corrected chi connectivity index (χ2v) is 9.73. The van der Waals surface area contributed by atoms with Crippen molar-refractivity contribution in [3.05, 3.63) is 59.7 Å². The number of hydrogen-bond donors (Lipinski definition) is 1. The Kier molecular flexibility index (Phi) is 6.85. The fourth-order valence-corrected chi connectivity index (χ4v) is 5.56. The van der Waals surface area contributed by atoms with Crippen LogP contribution in [0.5, 0.6) is 0 Å². The van der Waals surface area contributed by atoms with E-state index in [0.29, 0.717) is 24.1 Å². The van der Waals surface area contributed by atoms with Gasteiger partial charge in [-0.3, -0.25) is 9.59 Å². The third kappa shape index (κ3) is 5.32. The van der Waals surface area contributed by atoms with Crippen molar-refractivity contribution >= 4 is 27.2 Å². The first-order valence-corrected chi connectivity index (χ1v) is 11.7. The van der Waals surface area contributed by atoms with E-state index < -0.39 is 9.84 Å². The molecule has 0 spiro atoms. The number of Topliss-reactive ketones (excluding diaryl/α,β-unsaturated/α-hetero) is 1. The van der Waals surface area contributed by atoms with Crippen molar-refractivity contribution in [2.75, 3.05) is 5.32 Å². The molecular weight excluding hydrogens is 386 g/mol. The molecule has 0 heterocycles. The van der Waals surface area contributed by atoms with Gasteiger partial charge in [-0.05, 0) is 43.0 Å². The lowest BCUT2D eigenvalue weighted by Crippen LogP contribution is -2.18. The topological polar surface area (TPSA) is 80.3 Å². The van der Waals surface area contributed by atoms with Crippen molar-refractivity contribution in [3.63, 3.8) is 0 Å². The van der Waals surface area contributed by atoms with Gasteiger partial charge in [-0.25, -0.2) is 8.42 Å². The van der Waals surface area contributed by atoms with Crippen LogP contribution in [0, 0.1) is 0 Å². The molecule has 5 nitrogen and oxygen atoms in total. The Balaban J connectivity index is 1.58. The van der Waals surface area contributed by atoms with E-state index in [9.17, 15) is 18.0 Å². The summed E-state index contributed by atoms with van der Waals surface area (Å²) in [5.41, 5.74) is 2.19. The van der Waals surface area contributed by atoms with Crippen molar-refractivity contribution in [1.29, 1.82) is 0 Å². The maximum atomic E-state index is 12.7. The molecule has 1 N–H and O–H groups in total. The lowest BCUT2D eigenvalue weighted by molar-refractivity contribution is -0.116. The van der Waals surface area contributed by atoms with E-state index in [2.05, 4.69) is 12.2 Å². The molecule has 1 saturated carbocycles. The molecule has 29 heavy (non-hydrogen) atoms. The molecular formula is C23H27NO4S. The van der Waals surface area contributed by atoms with Gasteiger partial charge in [-0.15, -0.1) is 0 Å². The fraction of sp³-hybridized carbons (Fsp3) is 0.391. The van der Waals surface area contributed by atoms with E-state index in [1.54, 1.807) is 30.3 Å². The molecule has 2 aromatic carbocycles. The molecule has 6 heteroatoms. The smallest absolute Gasteiger partial charge is 0.224 e. The summed E-state index contributed by atoms with van der Waals surface area (Å²) in [6.45, 7) is 2.05. The molecule has 1 fully saturated rings. The molecule has 0 saturated heterocycles. The van der Waals surface area contributed by atoms with Crippen LogP contribution in [0.1, 0.15) is 61.4 Å². The van der Waals surface area contributed by atoms with Gasteiger partial charge in [0.25, 0.3) is 0 Å². The minimum Gasteiger partial charge on any atom is -0.326 e. The van der Waals surface area contributed by atoms with E-state index in [1.165, 1.54) is 6.07 Å². The van der Waals surface area contributed by atoms with Gasteiger partial charge in [0.2, 0.25) is 5.91 Å². The van der Waals surface area contributed by atoms with Crippen molar-refractivity contribution in [2.45, 2.75) is 62.0 Å². The molecule has 0 radical (unpaired) electrons. The van der Waals surface area contributed by atoms with Gasteiger partial charge in [-0.1, -0.05) is 50.1 Å². The molecule has 154 valence electrons. The Labute approximate surface area is 172 Å². The standard InChI is InChI=1S/C23H27NO4S/c1-2-17-10-12-18(13-11-17)22(25)14-15-23(26)24-19-6-5-9-21(16-19)29(27,28)20-7-3-4-8-20/h5-6,9-13,16,20H,2-4,7-8,14-15H2,1H3,(H,24,26). The van der Waals surface area contributed by atoms with Crippen LogP contribution in [0.3, 0.4) is 0 Å². The van der Waals surface area contributed by atoms with Crippen LogP contribution in [-0.2, 0) is 21.1 Å². The molecule has 3 rings (SSSR count). The van der Waals surface area contributed by atoms with E-state index in [-0.39, 0.29) is 34.7 Å². The molecule has 0 aromatic heterocycles. The van der Waals surface area contributed by atoms with Crippen molar-refractivity contribution in [1.82, 2.24) is 0 Å². The number of amides is 1. The largest absolute Gasteiger partial charge is 0.326 e. The Hall–Kier alpha value is -2.47. The summed E-state index contributed by atoms with van der Waals surface area (Å²) in [7, 11) is -3.37. The SMILES string of the molecule is CCc1ccc(C(=O)CCC(=O)Nc2cccc(S(=O)(=O)C3CCCC3)c2)cc1. The second kappa shape index (κ2) is 9.35. The highest BCUT2D eigenvalue weighted by Gasteiger charge is 2.30. The summed E-state index contributed by atoms with van der Waals surface area (Å²) in [5.74, 6) is -0.390.